The van der Waals surface area contributed by atoms with Crippen LogP contribution in [0.5, 0.6) is 5.75 Å². The maximum absolute atomic E-state index is 13.2. The van der Waals surface area contributed by atoms with E-state index in [0.29, 0.717) is 6.54 Å². The number of rotatable bonds is 4. The van der Waals surface area contributed by atoms with E-state index in [1.54, 1.807) is 16.7 Å². The molecule has 0 saturated heterocycles. The highest BCUT2D eigenvalue weighted by Crippen LogP contribution is 2.42. The number of hydrogen-bond donors (Lipinski definition) is 2. The largest absolute Gasteiger partial charge is 0.503 e. The molecule has 0 radical (unpaired) electrons. The Hall–Kier alpha value is -2.63. The first-order chi connectivity index (χ1) is 11.4. The Kier molecular flexibility index (Phi) is 4.13. The van der Waals surface area contributed by atoms with Crippen LogP contribution >= 0.6 is 0 Å². The number of aromatic nitrogens is 1. The highest BCUT2D eigenvalue weighted by molar-refractivity contribution is 5.87. The lowest BCUT2D eigenvalue weighted by molar-refractivity contribution is 0.0693. The van der Waals surface area contributed by atoms with Gasteiger partial charge >= 0.3 is 5.97 Å². The maximum atomic E-state index is 13.2. The summed E-state index contributed by atoms with van der Waals surface area (Å²) in [5.74, 6) is -2.25. The number of halogens is 1. The normalized spacial score (nSPS) is 16.2. The van der Waals surface area contributed by atoms with Gasteiger partial charge in [-0.1, -0.05) is 25.0 Å². The number of carboxylic acid groups (broad SMARTS) is 1. The minimum atomic E-state index is -1.37. The van der Waals surface area contributed by atoms with Crippen LogP contribution in [0.1, 0.15) is 41.6 Å². The van der Waals surface area contributed by atoms with Crippen molar-refractivity contribution in [3.8, 4) is 5.75 Å². The summed E-state index contributed by atoms with van der Waals surface area (Å²) in [6, 6.07) is 6.34. The molecule has 24 heavy (non-hydrogen) atoms. The minimum Gasteiger partial charge on any atom is -0.503 e. The van der Waals surface area contributed by atoms with Crippen LogP contribution < -0.4 is 5.43 Å². The highest BCUT2D eigenvalue weighted by Gasteiger charge is 2.36. The van der Waals surface area contributed by atoms with Crippen molar-refractivity contribution in [1.82, 2.24) is 4.57 Å². The standard InChI is InChI=1S/C18H18FNO4/c19-13-5-3-12(4-6-13)18(7-1-2-8-18)11-20-9-14(17(23)24)16(22)15(21)10-20/h3-6,9-10,21H,1-2,7-8,11H2,(H,23,24). The molecule has 126 valence electrons. The number of benzene rings is 1. The van der Waals surface area contributed by atoms with Crippen molar-refractivity contribution in [3.63, 3.8) is 0 Å². The summed E-state index contributed by atoms with van der Waals surface area (Å²) in [4.78, 5) is 22.9. The van der Waals surface area contributed by atoms with Crippen molar-refractivity contribution >= 4 is 5.97 Å². The van der Waals surface area contributed by atoms with E-state index in [1.165, 1.54) is 24.5 Å². The van der Waals surface area contributed by atoms with Gasteiger partial charge in [-0.15, -0.1) is 0 Å². The number of pyridine rings is 1. The Labute approximate surface area is 138 Å². The second kappa shape index (κ2) is 6.11. The molecule has 0 unspecified atom stereocenters. The van der Waals surface area contributed by atoms with Crippen LogP contribution in [-0.4, -0.2) is 20.7 Å². The molecule has 0 aliphatic heterocycles. The van der Waals surface area contributed by atoms with Crippen LogP contribution in [0.15, 0.2) is 41.5 Å². The predicted octanol–water partition coefficient (Wildman–Crippen LogP) is 2.90. The molecule has 6 heteroatoms. The van der Waals surface area contributed by atoms with Gasteiger partial charge in [0.1, 0.15) is 11.4 Å². The molecule has 0 atom stereocenters. The molecule has 1 aromatic carbocycles. The summed E-state index contributed by atoms with van der Waals surface area (Å²) in [6.07, 6.45) is 6.33. The zero-order chi connectivity index (χ0) is 17.3. The Morgan fingerprint density at radius 2 is 1.79 bits per heavy atom. The van der Waals surface area contributed by atoms with Crippen LogP contribution in [0, 0.1) is 5.82 Å². The van der Waals surface area contributed by atoms with E-state index in [1.807, 2.05) is 0 Å². The lowest BCUT2D eigenvalue weighted by atomic mass is 9.78. The third-order valence-corrected chi connectivity index (χ3v) is 4.79. The molecule has 1 saturated carbocycles. The molecule has 2 aromatic rings. The van der Waals surface area contributed by atoms with Crippen LogP contribution in [0.3, 0.4) is 0 Å². The lowest BCUT2D eigenvalue weighted by Crippen LogP contribution is -2.30. The molecule has 1 aliphatic rings. The summed E-state index contributed by atoms with van der Waals surface area (Å²) in [6.45, 7) is 0.423. The van der Waals surface area contributed by atoms with E-state index in [-0.39, 0.29) is 11.2 Å². The lowest BCUT2D eigenvalue weighted by Gasteiger charge is -2.31. The quantitative estimate of drug-likeness (QED) is 0.903. The second-order valence-corrected chi connectivity index (χ2v) is 6.36. The SMILES string of the molecule is O=C(O)c1cn(CC2(c3ccc(F)cc3)CCCC2)cc(O)c1=O. The van der Waals surface area contributed by atoms with Gasteiger partial charge in [0.2, 0.25) is 5.43 Å². The zero-order valence-electron chi connectivity index (χ0n) is 13.0. The fourth-order valence-electron chi connectivity index (χ4n) is 3.60. The summed E-state index contributed by atoms with van der Waals surface area (Å²) in [7, 11) is 0. The van der Waals surface area contributed by atoms with Crippen LogP contribution in [0.25, 0.3) is 0 Å². The van der Waals surface area contributed by atoms with Crippen molar-refractivity contribution in [2.45, 2.75) is 37.6 Å². The number of hydrogen-bond acceptors (Lipinski definition) is 3. The first-order valence-electron chi connectivity index (χ1n) is 7.84. The van der Waals surface area contributed by atoms with E-state index >= 15 is 0 Å². The average molecular weight is 331 g/mol. The fourth-order valence-corrected chi connectivity index (χ4v) is 3.60. The van der Waals surface area contributed by atoms with Crippen molar-refractivity contribution in [2.75, 3.05) is 0 Å². The number of carboxylic acids is 1. The Morgan fingerprint density at radius 3 is 2.38 bits per heavy atom. The van der Waals surface area contributed by atoms with Crippen molar-refractivity contribution in [2.24, 2.45) is 0 Å². The molecule has 2 N–H and O–H groups in total. The molecule has 0 spiro atoms. The number of aromatic carboxylic acids is 1. The fraction of sp³-hybridized carbons (Fsp3) is 0.333. The summed E-state index contributed by atoms with van der Waals surface area (Å²) in [5.41, 5.74) is -0.620. The summed E-state index contributed by atoms with van der Waals surface area (Å²) in [5, 5.41) is 18.9. The topological polar surface area (TPSA) is 79.5 Å². The van der Waals surface area contributed by atoms with E-state index in [0.717, 1.165) is 31.2 Å². The molecule has 3 rings (SSSR count). The van der Waals surface area contributed by atoms with Gasteiger partial charge in [0, 0.05) is 24.4 Å². The summed E-state index contributed by atoms with van der Waals surface area (Å²) < 4.78 is 14.8. The predicted molar refractivity (Wildman–Crippen MR) is 85.9 cm³/mol. The summed E-state index contributed by atoms with van der Waals surface area (Å²) >= 11 is 0. The van der Waals surface area contributed by atoms with Gasteiger partial charge in [-0.3, -0.25) is 4.79 Å². The molecule has 1 aromatic heterocycles. The monoisotopic (exact) mass is 331 g/mol. The van der Waals surface area contributed by atoms with Gasteiger partial charge in [0.05, 0.1) is 0 Å². The van der Waals surface area contributed by atoms with Crippen LogP contribution in [0.2, 0.25) is 0 Å². The molecule has 1 aliphatic carbocycles. The first-order valence-corrected chi connectivity index (χ1v) is 7.84. The van der Waals surface area contributed by atoms with E-state index < -0.39 is 22.7 Å². The first kappa shape index (κ1) is 16.2. The maximum Gasteiger partial charge on any atom is 0.341 e. The smallest absolute Gasteiger partial charge is 0.341 e. The highest BCUT2D eigenvalue weighted by atomic mass is 19.1. The van der Waals surface area contributed by atoms with E-state index in [2.05, 4.69) is 0 Å². The number of aromatic hydroxyl groups is 1. The van der Waals surface area contributed by atoms with E-state index in [9.17, 15) is 19.1 Å². The molecule has 1 fully saturated rings. The molecule has 0 amide bonds. The Morgan fingerprint density at radius 1 is 1.17 bits per heavy atom. The Bertz CT molecular complexity index is 820. The third-order valence-electron chi connectivity index (χ3n) is 4.79. The van der Waals surface area contributed by atoms with Gasteiger partial charge < -0.3 is 14.8 Å². The van der Waals surface area contributed by atoms with Crippen molar-refractivity contribution in [3.05, 3.63) is 63.8 Å². The van der Waals surface area contributed by atoms with E-state index in [4.69, 9.17) is 5.11 Å². The molecular weight excluding hydrogens is 313 g/mol. The van der Waals surface area contributed by atoms with Gasteiger partial charge in [-0.05, 0) is 30.5 Å². The number of carbonyl (C=O) groups is 1. The van der Waals surface area contributed by atoms with Crippen LogP contribution in [-0.2, 0) is 12.0 Å². The molecule has 0 bridgehead atoms. The van der Waals surface area contributed by atoms with Gasteiger partial charge in [-0.25, -0.2) is 9.18 Å². The second-order valence-electron chi connectivity index (χ2n) is 6.36. The van der Waals surface area contributed by atoms with Gasteiger partial charge in [-0.2, -0.15) is 0 Å². The van der Waals surface area contributed by atoms with Gasteiger partial charge in [0.25, 0.3) is 0 Å². The number of nitrogens with zero attached hydrogens (tertiary/aromatic N) is 1. The van der Waals surface area contributed by atoms with Crippen LogP contribution in [0.4, 0.5) is 4.39 Å². The minimum absolute atomic E-state index is 0.259. The molecular formula is C18H18FNO4. The molecule has 5 nitrogen and oxygen atoms in total. The third kappa shape index (κ3) is 2.91. The zero-order valence-corrected chi connectivity index (χ0v) is 13.0. The average Bonchev–Trinajstić information content (AvgIpc) is 3.00. The van der Waals surface area contributed by atoms with Crippen molar-refractivity contribution < 1.29 is 19.4 Å². The van der Waals surface area contributed by atoms with Gasteiger partial charge in [0.15, 0.2) is 5.75 Å². The Balaban J connectivity index is 2.02. The van der Waals surface area contributed by atoms with Crippen molar-refractivity contribution in [1.29, 1.82) is 0 Å². The molecule has 1 heterocycles.